The highest BCUT2D eigenvalue weighted by Crippen LogP contribution is 2.73. The molecule has 3 heteroatoms. The van der Waals surface area contributed by atoms with Crippen LogP contribution >= 0.6 is 0 Å². The Morgan fingerprint density at radius 2 is 1.74 bits per heavy atom. The van der Waals surface area contributed by atoms with Crippen LogP contribution in [-0.2, 0) is 4.79 Å². The molecule has 1 spiro atoms. The summed E-state index contributed by atoms with van der Waals surface area (Å²) in [6.07, 6.45) is 6.02. The number of ketones is 1. The third-order valence-corrected chi connectivity index (χ3v) is 8.64. The second-order valence-electron chi connectivity index (χ2n) is 10.4. The number of hydrogen-bond acceptors (Lipinski definition) is 3. The molecule has 7 atom stereocenters. The molecule has 4 aliphatic rings. The summed E-state index contributed by atoms with van der Waals surface area (Å²) in [5, 5.41) is 21.9. The summed E-state index contributed by atoms with van der Waals surface area (Å²) in [6.45, 7) is 8.30. The predicted molar refractivity (Wildman–Crippen MR) is 88.7 cm³/mol. The second-order valence-corrected chi connectivity index (χ2v) is 10.4. The summed E-state index contributed by atoms with van der Waals surface area (Å²) in [7, 11) is 0. The van der Waals surface area contributed by atoms with E-state index in [0.717, 1.165) is 44.9 Å². The smallest absolute Gasteiger partial charge is 0.142 e. The maximum atomic E-state index is 13.3. The average Bonchev–Trinajstić information content (AvgIpc) is 2.81. The van der Waals surface area contributed by atoms with Crippen molar-refractivity contribution in [1.29, 1.82) is 0 Å². The van der Waals surface area contributed by atoms with Crippen molar-refractivity contribution in [2.45, 2.75) is 84.3 Å². The highest BCUT2D eigenvalue weighted by atomic mass is 16.3. The van der Waals surface area contributed by atoms with Crippen molar-refractivity contribution in [2.75, 3.05) is 0 Å². The molecule has 0 saturated heterocycles. The van der Waals surface area contributed by atoms with Gasteiger partial charge in [-0.05, 0) is 69.1 Å². The molecule has 2 N–H and O–H groups in total. The molecule has 0 amide bonds. The lowest BCUT2D eigenvalue weighted by atomic mass is 9.60. The van der Waals surface area contributed by atoms with E-state index in [1.807, 2.05) is 6.92 Å². The largest absolute Gasteiger partial charge is 0.393 e. The van der Waals surface area contributed by atoms with E-state index in [2.05, 4.69) is 20.8 Å². The molecular formula is C20H32O3. The predicted octanol–water partition coefficient (Wildman–Crippen LogP) is 3.32. The molecule has 3 nitrogen and oxygen atoms in total. The molecule has 4 rings (SSSR count). The van der Waals surface area contributed by atoms with Gasteiger partial charge in [-0.3, -0.25) is 4.79 Å². The van der Waals surface area contributed by atoms with E-state index in [9.17, 15) is 15.0 Å². The van der Waals surface area contributed by atoms with Crippen LogP contribution in [0.15, 0.2) is 0 Å². The zero-order valence-corrected chi connectivity index (χ0v) is 15.1. The minimum absolute atomic E-state index is 0.0346. The van der Waals surface area contributed by atoms with Crippen molar-refractivity contribution in [3.05, 3.63) is 0 Å². The summed E-state index contributed by atoms with van der Waals surface area (Å²) in [5.74, 6) is 1.10. The SMILES string of the molecule is CC1(C)CC[C@H](O)[C@]2(C)[C@H](C[C@@]34C[C@@H](CC[C@H]32)[C@](C)(O)C4)C1=O. The zero-order chi connectivity index (χ0) is 16.8. The van der Waals surface area contributed by atoms with Gasteiger partial charge in [0.25, 0.3) is 0 Å². The maximum absolute atomic E-state index is 13.3. The molecule has 130 valence electrons. The van der Waals surface area contributed by atoms with Gasteiger partial charge in [0.2, 0.25) is 0 Å². The number of rotatable bonds is 0. The van der Waals surface area contributed by atoms with E-state index in [-0.39, 0.29) is 28.3 Å². The molecule has 0 aromatic heterocycles. The van der Waals surface area contributed by atoms with Crippen LogP contribution in [0.4, 0.5) is 0 Å². The lowest BCUT2D eigenvalue weighted by Gasteiger charge is -2.45. The van der Waals surface area contributed by atoms with E-state index in [0.29, 0.717) is 17.6 Å². The van der Waals surface area contributed by atoms with Gasteiger partial charge in [0, 0.05) is 16.7 Å². The summed E-state index contributed by atoms with van der Waals surface area (Å²) < 4.78 is 0. The summed E-state index contributed by atoms with van der Waals surface area (Å²) in [5.41, 5.74) is -1.13. The number of carbonyl (C=O) groups excluding carboxylic acids is 1. The fourth-order valence-electron chi connectivity index (χ4n) is 7.37. The number of hydrogen-bond donors (Lipinski definition) is 2. The first-order valence-electron chi connectivity index (χ1n) is 9.48. The van der Waals surface area contributed by atoms with E-state index < -0.39 is 5.60 Å². The molecule has 0 heterocycles. The minimum atomic E-state index is -0.585. The number of aliphatic hydroxyl groups is 2. The van der Waals surface area contributed by atoms with Gasteiger partial charge in [-0.15, -0.1) is 0 Å². The van der Waals surface area contributed by atoms with E-state index in [1.54, 1.807) is 0 Å². The van der Waals surface area contributed by atoms with Crippen molar-refractivity contribution in [3.63, 3.8) is 0 Å². The molecule has 0 unspecified atom stereocenters. The number of Topliss-reactive ketones (excluding diaryl/α,β-unsaturated/α-hetero) is 1. The first-order chi connectivity index (χ1) is 10.5. The number of fused-ring (bicyclic) bond motifs is 3. The molecular weight excluding hydrogens is 288 g/mol. The first-order valence-corrected chi connectivity index (χ1v) is 9.48. The Labute approximate surface area is 139 Å². The van der Waals surface area contributed by atoms with Crippen molar-refractivity contribution in [3.8, 4) is 0 Å². The van der Waals surface area contributed by atoms with Crippen molar-refractivity contribution in [2.24, 2.45) is 34.0 Å². The van der Waals surface area contributed by atoms with E-state index in [1.165, 1.54) is 0 Å². The van der Waals surface area contributed by atoms with Gasteiger partial charge >= 0.3 is 0 Å². The Morgan fingerprint density at radius 3 is 2.43 bits per heavy atom. The second kappa shape index (κ2) is 4.40. The standard InChI is InChI=1S/C20H32O3/c1-17(2)8-7-15(21)19(4)13(16(17)22)10-20-9-12(5-6-14(19)20)18(3,23)11-20/h12-15,21,23H,5-11H2,1-4H3/t12-,13-,14+,15+,18-,19-,20-/m1/s1. The van der Waals surface area contributed by atoms with Gasteiger partial charge in [-0.2, -0.15) is 0 Å². The summed E-state index contributed by atoms with van der Waals surface area (Å²) >= 11 is 0. The Hall–Kier alpha value is -0.410. The molecule has 0 aromatic carbocycles. The lowest BCUT2D eigenvalue weighted by Crippen LogP contribution is -2.45. The van der Waals surface area contributed by atoms with Crippen LogP contribution in [-0.4, -0.2) is 27.7 Å². The minimum Gasteiger partial charge on any atom is -0.393 e. The molecule has 0 aliphatic heterocycles. The highest BCUT2D eigenvalue weighted by molar-refractivity contribution is 5.88. The fourth-order valence-corrected chi connectivity index (χ4v) is 7.37. The van der Waals surface area contributed by atoms with Gasteiger partial charge in [-0.25, -0.2) is 0 Å². The average molecular weight is 320 g/mol. The highest BCUT2D eigenvalue weighted by Gasteiger charge is 2.71. The molecule has 0 aromatic rings. The van der Waals surface area contributed by atoms with Gasteiger partial charge in [-0.1, -0.05) is 20.8 Å². The van der Waals surface area contributed by atoms with Crippen LogP contribution < -0.4 is 0 Å². The lowest BCUT2D eigenvalue weighted by molar-refractivity contribution is -0.136. The normalized spacial score (nSPS) is 57.7. The van der Waals surface area contributed by atoms with Gasteiger partial charge < -0.3 is 10.2 Å². The van der Waals surface area contributed by atoms with Gasteiger partial charge in [0.05, 0.1) is 11.7 Å². The quantitative estimate of drug-likeness (QED) is 0.720. The van der Waals surface area contributed by atoms with Crippen LogP contribution in [0.1, 0.15) is 72.6 Å². The van der Waals surface area contributed by atoms with Crippen LogP contribution in [0.25, 0.3) is 0 Å². The van der Waals surface area contributed by atoms with Crippen LogP contribution in [0.3, 0.4) is 0 Å². The van der Waals surface area contributed by atoms with Crippen LogP contribution in [0, 0.1) is 34.0 Å². The Bertz CT molecular complexity index is 551. The monoisotopic (exact) mass is 320 g/mol. The summed E-state index contributed by atoms with van der Waals surface area (Å²) in [4.78, 5) is 13.3. The first kappa shape index (κ1) is 16.1. The third kappa shape index (κ3) is 1.87. The summed E-state index contributed by atoms with van der Waals surface area (Å²) in [6, 6.07) is 0. The Kier molecular flexibility index (Phi) is 3.08. The van der Waals surface area contributed by atoms with E-state index >= 15 is 0 Å². The molecule has 4 aliphatic carbocycles. The molecule has 23 heavy (non-hydrogen) atoms. The maximum Gasteiger partial charge on any atom is 0.142 e. The van der Waals surface area contributed by atoms with Gasteiger partial charge in [0.15, 0.2) is 0 Å². The fraction of sp³-hybridized carbons (Fsp3) is 0.950. The number of carbonyl (C=O) groups is 1. The van der Waals surface area contributed by atoms with Crippen LogP contribution in [0.2, 0.25) is 0 Å². The van der Waals surface area contributed by atoms with E-state index in [4.69, 9.17) is 0 Å². The van der Waals surface area contributed by atoms with Crippen LogP contribution in [0.5, 0.6) is 0 Å². The van der Waals surface area contributed by atoms with Gasteiger partial charge in [0.1, 0.15) is 5.78 Å². The van der Waals surface area contributed by atoms with Crippen molar-refractivity contribution < 1.29 is 15.0 Å². The molecule has 0 radical (unpaired) electrons. The molecule has 4 saturated carbocycles. The zero-order valence-electron chi connectivity index (χ0n) is 15.1. The topological polar surface area (TPSA) is 57.5 Å². The van der Waals surface area contributed by atoms with Crippen molar-refractivity contribution >= 4 is 5.78 Å². The Morgan fingerprint density at radius 1 is 1.04 bits per heavy atom. The third-order valence-electron chi connectivity index (χ3n) is 8.64. The van der Waals surface area contributed by atoms with Crippen molar-refractivity contribution in [1.82, 2.24) is 0 Å². The Balaban J connectivity index is 1.81. The number of aliphatic hydroxyl groups excluding tert-OH is 1. The molecule has 2 bridgehead atoms. The molecule has 4 fully saturated rings.